The second kappa shape index (κ2) is 7.04. The third-order valence-electron chi connectivity index (χ3n) is 7.24. The second-order valence-electron chi connectivity index (χ2n) is 10.1. The third kappa shape index (κ3) is 3.17. The van der Waals surface area contributed by atoms with Crippen LogP contribution >= 0.6 is 0 Å². The summed E-state index contributed by atoms with van der Waals surface area (Å²) in [5, 5.41) is 5.89. The van der Waals surface area contributed by atoms with Crippen LogP contribution in [0, 0.1) is 0 Å². The molecule has 0 bridgehead atoms. The number of hydrogen-bond donors (Lipinski definition) is 2. The Labute approximate surface area is 179 Å². The third-order valence-corrected chi connectivity index (χ3v) is 10.8. The standard InChI is InChI=1S/C22H31N5O2Si/c1-21(2)17-13-24-18(26-19(28)22(9-7-10-22)30(3,4)5)16(17)14-27(21)20(29)25-15-8-6-11-23-12-15/h6,8,11-12H,7,9-10,13-14H2,1-5H3,(H,25,29)(H,24,26,28). The lowest BCUT2D eigenvalue weighted by Crippen LogP contribution is -2.55. The summed E-state index contributed by atoms with van der Waals surface area (Å²) in [4.78, 5) is 36.8. The number of pyridine rings is 1. The van der Waals surface area contributed by atoms with E-state index in [-0.39, 0.29) is 17.0 Å². The normalized spacial score (nSPS) is 21.6. The van der Waals surface area contributed by atoms with Gasteiger partial charge in [-0.15, -0.1) is 0 Å². The van der Waals surface area contributed by atoms with Crippen LogP contribution in [0.15, 0.2) is 40.7 Å². The van der Waals surface area contributed by atoms with Gasteiger partial charge >= 0.3 is 6.03 Å². The summed E-state index contributed by atoms with van der Waals surface area (Å²) in [6.07, 6.45) is 6.36. The molecule has 7 nitrogen and oxygen atoms in total. The first-order chi connectivity index (χ1) is 14.1. The zero-order valence-electron chi connectivity index (χ0n) is 18.5. The highest BCUT2D eigenvalue weighted by atomic mass is 28.3. The maximum Gasteiger partial charge on any atom is 0.322 e. The molecule has 1 fully saturated rings. The number of hydrogen-bond acceptors (Lipinski definition) is 4. The van der Waals surface area contributed by atoms with Crippen molar-refractivity contribution in [1.82, 2.24) is 15.2 Å². The van der Waals surface area contributed by atoms with Gasteiger partial charge in [0.05, 0.1) is 38.6 Å². The molecular formula is C22H31N5O2Si. The van der Waals surface area contributed by atoms with Gasteiger partial charge in [0.1, 0.15) is 5.84 Å². The topological polar surface area (TPSA) is 86.7 Å². The van der Waals surface area contributed by atoms with Crippen molar-refractivity contribution in [3.8, 4) is 0 Å². The molecule has 3 aliphatic rings. The number of rotatable bonds is 3. The van der Waals surface area contributed by atoms with Crippen molar-refractivity contribution < 1.29 is 9.59 Å². The predicted octanol–water partition coefficient (Wildman–Crippen LogP) is 3.80. The van der Waals surface area contributed by atoms with E-state index in [4.69, 9.17) is 0 Å². The van der Waals surface area contributed by atoms with Gasteiger partial charge in [-0.3, -0.25) is 14.8 Å². The molecule has 1 aromatic rings. The zero-order valence-corrected chi connectivity index (χ0v) is 19.5. The van der Waals surface area contributed by atoms with Gasteiger partial charge in [-0.2, -0.15) is 0 Å². The Bertz CT molecular complexity index is 942. The van der Waals surface area contributed by atoms with E-state index < -0.39 is 13.6 Å². The van der Waals surface area contributed by atoms with Crippen molar-refractivity contribution in [2.45, 2.75) is 63.3 Å². The lowest BCUT2D eigenvalue weighted by atomic mass is 9.83. The molecule has 0 saturated heterocycles. The van der Waals surface area contributed by atoms with E-state index in [1.807, 2.05) is 24.8 Å². The minimum absolute atomic E-state index is 0.122. The van der Waals surface area contributed by atoms with Gasteiger partial charge in [0.2, 0.25) is 5.91 Å². The van der Waals surface area contributed by atoms with E-state index in [9.17, 15) is 9.59 Å². The fourth-order valence-corrected chi connectivity index (χ4v) is 7.48. The Morgan fingerprint density at radius 2 is 1.90 bits per heavy atom. The summed E-state index contributed by atoms with van der Waals surface area (Å²) in [7, 11) is -1.66. The number of anilines is 1. The second-order valence-corrected chi connectivity index (χ2v) is 15.5. The average Bonchev–Trinajstić information content (AvgIpc) is 3.12. The Balaban J connectivity index is 1.50. The summed E-state index contributed by atoms with van der Waals surface area (Å²) < 4.78 is 0. The van der Waals surface area contributed by atoms with Gasteiger partial charge in [0.25, 0.3) is 0 Å². The van der Waals surface area contributed by atoms with Gasteiger partial charge in [-0.1, -0.05) is 26.1 Å². The molecule has 4 rings (SSSR count). The van der Waals surface area contributed by atoms with E-state index in [2.05, 4.69) is 40.3 Å². The van der Waals surface area contributed by atoms with Crippen LogP contribution in [0.3, 0.4) is 0 Å². The quantitative estimate of drug-likeness (QED) is 0.722. The number of aromatic nitrogens is 1. The molecule has 1 saturated carbocycles. The zero-order chi connectivity index (χ0) is 21.7. The first-order valence-corrected chi connectivity index (χ1v) is 14.1. The van der Waals surface area contributed by atoms with Gasteiger partial charge in [-0.05, 0) is 44.4 Å². The summed E-state index contributed by atoms with van der Waals surface area (Å²) >= 11 is 0. The molecule has 8 heteroatoms. The molecule has 2 aliphatic heterocycles. The number of aliphatic imine (C=N–C) groups is 1. The molecule has 160 valence electrons. The largest absolute Gasteiger partial charge is 0.322 e. The van der Waals surface area contributed by atoms with Crippen molar-refractivity contribution in [2.24, 2.45) is 4.99 Å². The van der Waals surface area contributed by atoms with E-state index in [1.165, 1.54) is 0 Å². The lowest BCUT2D eigenvalue weighted by Gasteiger charge is -2.49. The smallest absolute Gasteiger partial charge is 0.311 e. The number of urea groups is 1. The number of nitrogens with zero attached hydrogens (tertiary/aromatic N) is 3. The van der Waals surface area contributed by atoms with Gasteiger partial charge in [-0.25, -0.2) is 4.79 Å². The van der Waals surface area contributed by atoms with Gasteiger partial charge in [0, 0.05) is 16.8 Å². The van der Waals surface area contributed by atoms with Gasteiger partial charge < -0.3 is 15.5 Å². The predicted molar refractivity (Wildman–Crippen MR) is 121 cm³/mol. The molecule has 2 N–H and O–H groups in total. The molecule has 1 aliphatic carbocycles. The van der Waals surface area contributed by atoms with Crippen LogP contribution < -0.4 is 10.6 Å². The molecule has 0 aromatic carbocycles. The van der Waals surface area contributed by atoms with Crippen LogP contribution in [0.25, 0.3) is 0 Å². The first kappa shape index (κ1) is 20.8. The van der Waals surface area contributed by atoms with Crippen molar-refractivity contribution in [3.05, 3.63) is 35.7 Å². The van der Waals surface area contributed by atoms with E-state index >= 15 is 0 Å². The summed E-state index contributed by atoms with van der Waals surface area (Å²) in [5.41, 5.74) is 2.29. The molecule has 3 heterocycles. The van der Waals surface area contributed by atoms with E-state index in [0.29, 0.717) is 24.6 Å². The number of carbonyl (C=O) groups is 2. The minimum atomic E-state index is -1.66. The average molecular weight is 426 g/mol. The van der Waals surface area contributed by atoms with Crippen LogP contribution in [0.4, 0.5) is 10.5 Å². The van der Waals surface area contributed by atoms with Crippen LogP contribution in [0.1, 0.15) is 33.1 Å². The molecule has 0 unspecified atom stereocenters. The molecule has 3 amide bonds. The van der Waals surface area contributed by atoms with Gasteiger partial charge in [0.15, 0.2) is 0 Å². The maximum absolute atomic E-state index is 13.3. The molecule has 0 atom stereocenters. The summed E-state index contributed by atoms with van der Waals surface area (Å²) in [6, 6.07) is 3.43. The van der Waals surface area contributed by atoms with Crippen molar-refractivity contribution in [1.29, 1.82) is 0 Å². The monoisotopic (exact) mass is 425 g/mol. The van der Waals surface area contributed by atoms with Crippen LogP contribution in [-0.4, -0.2) is 54.4 Å². The lowest BCUT2D eigenvalue weighted by molar-refractivity contribution is -0.125. The van der Waals surface area contributed by atoms with Crippen molar-refractivity contribution in [2.75, 3.05) is 18.4 Å². The summed E-state index contributed by atoms with van der Waals surface area (Å²) in [6.45, 7) is 11.9. The van der Waals surface area contributed by atoms with E-state index in [0.717, 1.165) is 30.4 Å². The minimum Gasteiger partial charge on any atom is -0.311 e. The highest BCUT2D eigenvalue weighted by molar-refractivity contribution is 6.82. The number of amides is 3. The molecule has 0 spiro atoms. The Morgan fingerprint density at radius 3 is 2.47 bits per heavy atom. The fraction of sp³-hybridized carbons (Fsp3) is 0.545. The van der Waals surface area contributed by atoms with Crippen LogP contribution in [0.2, 0.25) is 24.7 Å². The number of amidine groups is 1. The van der Waals surface area contributed by atoms with Crippen molar-refractivity contribution >= 4 is 31.5 Å². The fourth-order valence-electron chi connectivity index (χ4n) is 4.89. The Kier molecular flexibility index (Phi) is 4.88. The Morgan fingerprint density at radius 1 is 1.17 bits per heavy atom. The molecule has 30 heavy (non-hydrogen) atoms. The summed E-state index contributed by atoms with van der Waals surface area (Å²) in [5.74, 6) is 0.778. The van der Waals surface area contributed by atoms with Crippen molar-refractivity contribution in [3.63, 3.8) is 0 Å². The SMILES string of the molecule is CC1(C)C2=C(CN1C(=O)Nc1cccnc1)C(NC(=O)C1([Si](C)(C)C)CCC1)=NC2. The molecule has 0 radical (unpaired) electrons. The van der Waals surface area contributed by atoms with Crippen LogP contribution in [-0.2, 0) is 4.79 Å². The molecular weight excluding hydrogens is 394 g/mol. The maximum atomic E-state index is 13.3. The first-order valence-electron chi connectivity index (χ1n) is 10.6. The van der Waals surface area contributed by atoms with E-state index in [1.54, 1.807) is 18.5 Å². The highest BCUT2D eigenvalue weighted by Gasteiger charge is 2.54. The highest BCUT2D eigenvalue weighted by Crippen LogP contribution is 2.55. The Hall–Kier alpha value is -2.48. The number of carbonyl (C=O) groups excluding carboxylic acids is 2. The molecule has 1 aromatic heterocycles. The number of nitrogens with one attached hydrogen (secondary N) is 2. The van der Waals surface area contributed by atoms with Crippen LogP contribution in [0.5, 0.6) is 0 Å².